The first-order valence-electron chi connectivity index (χ1n) is 7.46. The van der Waals surface area contributed by atoms with Crippen LogP contribution < -0.4 is 5.32 Å². The average Bonchev–Trinajstić information content (AvgIpc) is 2.80. The van der Waals surface area contributed by atoms with Gasteiger partial charge in [0, 0.05) is 24.5 Å². The fourth-order valence-corrected chi connectivity index (χ4v) is 3.05. The zero-order valence-corrected chi connectivity index (χ0v) is 13.4. The van der Waals surface area contributed by atoms with E-state index < -0.39 is 0 Å². The summed E-state index contributed by atoms with van der Waals surface area (Å²) in [6, 6.07) is -0.0388. The molecule has 6 heteroatoms. The molecule has 0 aliphatic heterocycles. The Labute approximate surface area is 130 Å². The molecule has 6 nitrogen and oxygen atoms in total. The van der Waals surface area contributed by atoms with Crippen molar-refractivity contribution in [3.63, 3.8) is 0 Å². The van der Waals surface area contributed by atoms with Gasteiger partial charge in [0.15, 0.2) is 0 Å². The normalized spacial score (nSPS) is 19.5. The second-order valence-electron chi connectivity index (χ2n) is 6.78. The van der Waals surface area contributed by atoms with E-state index in [0.29, 0.717) is 5.69 Å². The summed E-state index contributed by atoms with van der Waals surface area (Å²) >= 11 is 0. The van der Waals surface area contributed by atoms with E-state index in [-0.39, 0.29) is 17.4 Å². The largest absolute Gasteiger partial charge is 0.344 e. The third kappa shape index (κ3) is 2.73. The van der Waals surface area contributed by atoms with E-state index in [9.17, 15) is 4.79 Å². The van der Waals surface area contributed by atoms with Gasteiger partial charge in [0.25, 0.3) is 5.91 Å². The Kier molecular flexibility index (Phi) is 3.47. The Hall–Kier alpha value is -2.24. The summed E-state index contributed by atoms with van der Waals surface area (Å²) in [5.74, 6) is -0.190. The Morgan fingerprint density at radius 3 is 2.77 bits per heavy atom. The van der Waals surface area contributed by atoms with Crippen molar-refractivity contribution in [2.45, 2.75) is 39.7 Å². The van der Waals surface area contributed by atoms with Crippen molar-refractivity contribution in [3.05, 3.63) is 41.2 Å². The summed E-state index contributed by atoms with van der Waals surface area (Å²) in [5, 5.41) is 7.43. The van der Waals surface area contributed by atoms with Gasteiger partial charge in [0.1, 0.15) is 5.69 Å². The number of carbonyl (C=O) groups excluding carboxylic acids is 1. The predicted octanol–water partition coefficient (Wildman–Crippen LogP) is 1.96. The van der Waals surface area contributed by atoms with E-state index in [1.807, 2.05) is 24.9 Å². The Bertz CT molecular complexity index is 702. The first kappa shape index (κ1) is 14.7. The van der Waals surface area contributed by atoms with Crippen molar-refractivity contribution in [2.24, 2.45) is 12.5 Å². The van der Waals surface area contributed by atoms with Gasteiger partial charge in [0.05, 0.1) is 24.1 Å². The van der Waals surface area contributed by atoms with Crippen LogP contribution in [0.25, 0.3) is 0 Å². The van der Waals surface area contributed by atoms with Crippen LogP contribution in [-0.2, 0) is 13.5 Å². The van der Waals surface area contributed by atoms with Crippen LogP contribution in [-0.4, -0.2) is 25.7 Å². The third-order valence-electron chi connectivity index (χ3n) is 4.19. The Morgan fingerprint density at radius 2 is 2.09 bits per heavy atom. The molecule has 3 rings (SSSR count). The van der Waals surface area contributed by atoms with Gasteiger partial charge in [-0.25, -0.2) is 4.98 Å². The lowest BCUT2D eigenvalue weighted by Crippen LogP contribution is -2.37. The van der Waals surface area contributed by atoms with Crippen molar-refractivity contribution < 1.29 is 4.79 Å². The maximum absolute atomic E-state index is 12.4. The fraction of sp³-hybridized carbons (Fsp3) is 0.500. The topological polar surface area (TPSA) is 72.7 Å². The first-order chi connectivity index (χ1) is 10.4. The highest BCUT2D eigenvalue weighted by Crippen LogP contribution is 2.40. The van der Waals surface area contributed by atoms with Gasteiger partial charge in [0.2, 0.25) is 0 Å². The summed E-state index contributed by atoms with van der Waals surface area (Å²) < 4.78 is 1.90. The van der Waals surface area contributed by atoms with Gasteiger partial charge in [-0.2, -0.15) is 5.10 Å². The zero-order chi connectivity index (χ0) is 15.9. The van der Waals surface area contributed by atoms with Crippen molar-refractivity contribution >= 4 is 5.91 Å². The molecule has 22 heavy (non-hydrogen) atoms. The molecule has 1 amide bonds. The van der Waals surface area contributed by atoms with Crippen LogP contribution in [0.5, 0.6) is 0 Å². The van der Waals surface area contributed by atoms with Crippen LogP contribution in [0.15, 0.2) is 18.6 Å². The molecule has 0 aromatic carbocycles. The molecule has 0 fully saturated rings. The summed E-state index contributed by atoms with van der Waals surface area (Å²) in [5.41, 5.74) is 3.56. The average molecular weight is 299 g/mol. The zero-order valence-electron chi connectivity index (χ0n) is 13.4. The monoisotopic (exact) mass is 299 g/mol. The van der Waals surface area contributed by atoms with Gasteiger partial charge >= 0.3 is 0 Å². The number of aryl methyl sites for hydroxylation is 2. The lowest BCUT2D eigenvalue weighted by molar-refractivity contribution is 0.0913. The number of aromatic nitrogens is 4. The van der Waals surface area contributed by atoms with E-state index in [1.165, 1.54) is 11.9 Å². The fourth-order valence-electron chi connectivity index (χ4n) is 3.05. The first-order valence-corrected chi connectivity index (χ1v) is 7.46. The van der Waals surface area contributed by atoms with Crippen molar-refractivity contribution in [3.8, 4) is 0 Å². The van der Waals surface area contributed by atoms with E-state index in [4.69, 9.17) is 0 Å². The number of amides is 1. The number of hydrogen-bond acceptors (Lipinski definition) is 4. The molecule has 1 unspecified atom stereocenters. The molecule has 0 spiro atoms. The third-order valence-corrected chi connectivity index (χ3v) is 4.19. The highest BCUT2D eigenvalue weighted by atomic mass is 16.1. The number of nitrogens with zero attached hydrogens (tertiary/aromatic N) is 4. The highest BCUT2D eigenvalue weighted by molar-refractivity contribution is 5.92. The van der Waals surface area contributed by atoms with Crippen LogP contribution in [0.4, 0.5) is 0 Å². The minimum atomic E-state index is -0.190. The SMILES string of the molecule is Cc1cnc(C(=O)NC2CC(C)(C)Cc3c2cnn3C)cn1. The standard InChI is InChI=1S/C16H21N5O/c1-10-7-18-13(9-17-10)15(22)20-12-5-16(2,3)6-14-11(12)8-19-21(14)4/h7-9,12H,5-6H2,1-4H3,(H,20,22). The Balaban J connectivity index is 1.85. The predicted molar refractivity (Wildman–Crippen MR) is 82.3 cm³/mol. The quantitative estimate of drug-likeness (QED) is 0.920. The number of carbonyl (C=O) groups is 1. The van der Waals surface area contributed by atoms with Crippen molar-refractivity contribution in [1.82, 2.24) is 25.1 Å². The Morgan fingerprint density at radius 1 is 1.32 bits per heavy atom. The summed E-state index contributed by atoms with van der Waals surface area (Å²) in [6.45, 7) is 6.28. The molecule has 2 heterocycles. The molecule has 0 bridgehead atoms. The smallest absolute Gasteiger partial charge is 0.271 e. The second-order valence-corrected chi connectivity index (χ2v) is 6.78. The molecular formula is C16H21N5O. The maximum Gasteiger partial charge on any atom is 0.271 e. The molecule has 0 radical (unpaired) electrons. The molecule has 1 N–H and O–H groups in total. The minimum absolute atomic E-state index is 0.0388. The van der Waals surface area contributed by atoms with Crippen LogP contribution in [0.2, 0.25) is 0 Å². The summed E-state index contributed by atoms with van der Waals surface area (Å²) in [7, 11) is 1.95. The van der Waals surface area contributed by atoms with Gasteiger partial charge < -0.3 is 5.32 Å². The molecule has 1 aliphatic carbocycles. The van der Waals surface area contributed by atoms with Crippen LogP contribution in [0.1, 0.15) is 53.7 Å². The van der Waals surface area contributed by atoms with Crippen LogP contribution in [0, 0.1) is 12.3 Å². The van der Waals surface area contributed by atoms with E-state index in [2.05, 4.69) is 34.2 Å². The van der Waals surface area contributed by atoms with E-state index in [1.54, 1.807) is 6.20 Å². The minimum Gasteiger partial charge on any atom is -0.344 e. The molecule has 2 aromatic rings. The van der Waals surface area contributed by atoms with Gasteiger partial charge in [-0.05, 0) is 25.2 Å². The van der Waals surface area contributed by atoms with Crippen molar-refractivity contribution in [2.75, 3.05) is 0 Å². The summed E-state index contributed by atoms with van der Waals surface area (Å²) in [4.78, 5) is 20.7. The molecule has 0 saturated heterocycles. The van der Waals surface area contributed by atoms with Gasteiger partial charge in [-0.3, -0.25) is 14.5 Å². The molecule has 0 saturated carbocycles. The second kappa shape index (κ2) is 5.19. The number of hydrogen-bond donors (Lipinski definition) is 1. The van der Waals surface area contributed by atoms with Crippen LogP contribution in [0.3, 0.4) is 0 Å². The molecule has 1 atom stereocenters. The highest BCUT2D eigenvalue weighted by Gasteiger charge is 2.35. The van der Waals surface area contributed by atoms with Crippen LogP contribution >= 0.6 is 0 Å². The number of fused-ring (bicyclic) bond motifs is 1. The van der Waals surface area contributed by atoms with Crippen molar-refractivity contribution in [1.29, 1.82) is 0 Å². The molecule has 2 aromatic heterocycles. The number of rotatable bonds is 2. The lowest BCUT2D eigenvalue weighted by Gasteiger charge is -2.35. The number of nitrogens with one attached hydrogen (secondary N) is 1. The maximum atomic E-state index is 12.4. The molecule has 116 valence electrons. The summed E-state index contributed by atoms with van der Waals surface area (Å²) in [6.07, 6.45) is 6.83. The van der Waals surface area contributed by atoms with Gasteiger partial charge in [-0.15, -0.1) is 0 Å². The van der Waals surface area contributed by atoms with E-state index in [0.717, 1.165) is 24.1 Å². The van der Waals surface area contributed by atoms with Gasteiger partial charge in [-0.1, -0.05) is 13.8 Å². The van der Waals surface area contributed by atoms with E-state index >= 15 is 0 Å². The lowest BCUT2D eigenvalue weighted by atomic mass is 9.74. The molecule has 1 aliphatic rings. The molecular weight excluding hydrogens is 278 g/mol.